The highest BCUT2D eigenvalue weighted by Crippen LogP contribution is 2.31. The average Bonchev–Trinajstić information content (AvgIpc) is 1.97. The Hall–Kier alpha value is 0.400. The lowest BCUT2D eigenvalue weighted by molar-refractivity contribution is -0.0446. The Balaban J connectivity index is 3.33. The van der Waals surface area contributed by atoms with Gasteiger partial charge in [0.15, 0.2) is 6.29 Å². The standard InChI is InChI=1S/C7H6I2O3/c8-3-1-2-4(9)6(10)5(3)7(11)12/h1-2,7,10-12H. The number of hydrogen-bond acceptors (Lipinski definition) is 3. The molecule has 0 bridgehead atoms. The van der Waals surface area contributed by atoms with Crippen molar-refractivity contribution in [2.24, 2.45) is 0 Å². The molecule has 0 aliphatic heterocycles. The molecule has 1 aromatic carbocycles. The van der Waals surface area contributed by atoms with Gasteiger partial charge in [-0.2, -0.15) is 0 Å². The van der Waals surface area contributed by atoms with Crippen LogP contribution < -0.4 is 0 Å². The molecule has 0 saturated carbocycles. The average molecular weight is 392 g/mol. The van der Waals surface area contributed by atoms with Gasteiger partial charge in [0.2, 0.25) is 0 Å². The highest BCUT2D eigenvalue weighted by atomic mass is 127. The number of halogens is 2. The molecule has 12 heavy (non-hydrogen) atoms. The summed E-state index contributed by atoms with van der Waals surface area (Å²) in [7, 11) is 0. The third kappa shape index (κ3) is 2.01. The first-order valence-electron chi connectivity index (χ1n) is 3.07. The molecule has 0 saturated heterocycles. The first-order chi connectivity index (χ1) is 5.54. The fraction of sp³-hybridized carbons (Fsp3) is 0.143. The van der Waals surface area contributed by atoms with Gasteiger partial charge < -0.3 is 15.3 Å². The summed E-state index contributed by atoms with van der Waals surface area (Å²) in [5.41, 5.74) is 0.169. The Morgan fingerprint density at radius 3 is 2.00 bits per heavy atom. The quantitative estimate of drug-likeness (QED) is 0.503. The lowest BCUT2D eigenvalue weighted by Gasteiger charge is -2.09. The minimum absolute atomic E-state index is 0.0579. The molecule has 0 radical (unpaired) electrons. The summed E-state index contributed by atoms with van der Waals surface area (Å²) >= 11 is 3.86. The fourth-order valence-electron chi connectivity index (χ4n) is 0.802. The number of benzene rings is 1. The fourth-order valence-corrected chi connectivity index (χ4v) is 1.99. The minimum atomic E-state index is -1.62. The molecule has 3 N–H and O–H groups in total. The van der Waals surface area contributed by atoms with Gasteiger partial charge in [0.05, 0.1) is 9.13 Å². The van der Waals surface area contributed by atoms with Gasteiger partial charge >= 0.3 is 0 Å². The van der Waals surface area contributed by atoms with Crippen LogP contribution in [0.2, 0.25) is 0 Å². The van der Waals surface area contributed by atoms with Crippen LogP contribution in [0.3, 0.4) is 0 Å². The van der Waals surface area contributed by atoms with Gasteiger partial charge in [-0.15, -0.1) is 0 Å². The van der Waals surface area contributed by atoms with Crippen molar-refractivity contribution in [2.75, 3.05) is 0 Å². The Kier molecular flexibility index (Phi) is 3.56. The lowest BCUT2D eigenvalue weighted by Crippen LogP contribution is -1.99. The first-order valence-corrected chi connectivity index (χ1v) is 5.22. The molecule has 66 valence electrons. The summed E-state index contributed by atoms with van der Waals surface area (Å²) in [6.45, 7) is 0. The normalized spacial score (nSPS) is 10.8. The van der Waals surface area contributed by atoms with E-state index in [-0.39, 0.29) is 11.3 Å². The zero-order chi connectivity index (χ0) is 9.30. The number of rotatable bonds is 1. The van der Waals surface area contributed by atoms with E-state index in [0.717, 1.165) is 0 Å². The molecule has 0 amide bonds. The molecule has 5 heteroatoms. The van der Waals surface area contributed by atoms with E-state index in [0.29, 0.717) is 7.14 Å². The molecule has 1 rings (SSSR count). The SMILES string of the molecule is Oc1c(I)ccc(I)c1C(O)O. The maximum Gasteiger partial charge on any atom is 0.183 e. The van der Waals surface area contributed by atoms with Crippen LogP contribution in [0.1, 0.15) is 11.9 Å². The van der Waals surface area contributed by atoms with E-state index in [9.17, 15) is 5.11 Å². The highest BCUT2D eigenvalue weighted by molar-refractivity contribution is 14.1. The van der Waals surface area contributed by atoms with E-state index in [1.807, 2.05) is 45.2 Å². The zero-order valence-corrected chi connectivity index (χ0v) is 10.1. The summed E-state index contributed by atoms with van der Waals surface area (Å²) in [6, 6.07) is 3.43. The van der Waals surface area contributed by atoms with Gasteiger partial charge in [0.1, 0.15) is 5.75 Å². The highest BCUT2D eigenvalue weighted by Gasteiger charge is 2.15. The predicted molar refractivity (Wildman–Crippen MR) is 60.7 cm³/mol. The maximum absolute atomic E-state index is 9.42. The van der Waals surface area contributed by atoms with Crippen molar-refractivity contribution in [1.82, 2.24) is 0 Å². The number of aliphatic hydroxyl groups excluding tert-OH is 1. The van der Waals surface area contributed by atoms with Crippen molar-refractivity contribution < 1.29 is 15.3 Å². The molecule has 1 aromatic rings. The van der Waals surface area contributed by atoms with Crippen molar-refractivity contribution in [2.45, 2.75) is 6.29 Å². The van der Waals surface area contributed by atoms with Crippen LogP contribution in [-0.4, -0.2) is 15.3 Å². The number of aromatic hydroxyl groups is 1. The third-order valence-corrected chi connectivity index (χ3v) is 3.18. The maximum atomic E-state index is 9.42. The van der Waals surface area contributed by atoms with Crippen LogP contribution in [0.25, 0.3) is 0 Å². The van der Waals surface area contributed by atoms with Gasteiger partial charge in [-0.3, -0.25) is 0 Å². The Bertz CT molecular complexity index is 299. The van der Waals surface area contributed by atoms with Gasteiger partial charge in [-0.25, -0.2) is 0 Å². The van der Waals surface area contributed by atoms with Crippen LogP contribution in [0.15, 0.2) is 12.1 Å². The topological polar surface area (TPSA) is 60.7 Å². The van der Waals surface area contributed by atoms with Crippen LogP contribution >= 0.6 is 45.2 Å². The van der Waals surface area contributed by atoms with Crippen LogP contribution in [0.5, 0.6) is 5.75 Å². The van der Waals surface area contributed by atoms with Gasteiger partial charge in [-0.05, 0) is 57.3 Å². The molecule has 0 fully saturated rings. The minimum Gasteiger partial charge on any atom is -0.506 e. The van der Waals surface area contributed by atoms with E-state index in [1.54, 1.807) is 12.1 Å². The third-order valence-electron chi connectivity index (χ3n) is 1.37. The number of phenols is 1. The van der Waals surface area contributed by atoms with Crippen LogP contribution in [0.4, 0.5) is 0 Å². The Labute approximate surface area is 96.7 Å². The molecule has 0 aliphatic carbocycles. The van der Waals surface area contributed by atoms with Crippen molar-refractivity contribution >= 4 is 45.2 Å². The molecular weight excluding hydrogens is 386 g/mol. The second kappa shape index (κ2) is 4.07. The summed E-state index contributed by atoms with van der Waals surface area (Å²) in [5.74, 6) is -0.0579. The van der Waals surface area contributed by atoms with Crippen molar-refractivity contribution in [3.8, 4) is 5.75 Å². The van der Waals surface area contributed by atoms with Crippen LogP contribution in [-0.2, 0) is 0 Å². The van der Waals surface area contributed by atoms with Crippen molar-refractivity contribution in [1.29, 1.82) is 0 Å². The molecule has 0 aromatic heterocycles. The molecule has 0 unspecified atom stereocenters. The zero-order valence-electron chi connectivity index (χ0n) is 5.83. The number of aliphatic hydroxyl groups is 2. The van der Waals surface area contributed by atoms with E-state index >= 15 is 0 Å². The van der Waals surface area contributed by atoms with Gasteiger partial charge in [0.25, 0.3) is 0 Å². The monoisotopic (exact) mass is 392 g/mol. The Morgan fingerprint density at radius 1 is 1.08 bits per heavy atom. The van der Waals surface area contributed by atoms with Crippen molar-refractivity contribution in [3.05, 3.63) is 24.8 Å². The van der Waals surface area contributed by atoms with E-state index in [2.05, 4.69) is 0 Å². The molecular formula is C7H6I2O3. The van der Waals surface area contributed by atoms with Crippen LogP contribution in [0, 0.1) is 7.14 Å². The molecule has 0 spiro atoms. The van der Waals surface area contributed by atoms with E-state index in [4.69, 9.17) is 10.2 Å². The Morgan fingerprint density at radius 2 is 1.58 bits per heavy atom. The summed E-state index contributed by atoms with van der Waals surface area (Å²) in [5, 5.41) is 27.2. The lowest BCUT2D eigenvalue weighted by atomic mass is 10.2. The summed E-state index contributed by atoms with van der Waals surface area (Å²) in [6.07, 6.45) is -1.62. The summed E-state index contributed by atoms with van der Waals surface area (Å²) in [4.78, 5) is 0. The molecule has 0 heterocycles. The summed E-state index contributed by atoms with van der Waals surface area (Å²) < 4.78 is 1.25. The van der Waals surface area contributed by atoms with Gasteiger partial charge in [-0.1, -0.05) is 0 Å². The number of phenolic OH excluding ortho intramolecular Hbond substituents is 1. The molecule has 3 nitrogen and oxygen atoms in total. The predicted octanol–water partition coefficient (Wildman–Crippen LogP) is 1.58. The largest absolute Gasteiger partial charge is 0.506 e. The smallest absolute Gasteiger partial charge is 0.183 e. The van der Waals surface area contributed by atoms with E-state index < -0.39 is 6.29 Å². The number of hydrogen-bond donors (Lipinski definition) is 3. The van der Waals surface area contributed by atoms with E-state index in [1.165, 1.54) is 0 Å². The van der Waals surface area contributed by atoms with Gasteiger partial charge in [0, 0.05) is 3.57 Å². The second-order valence-electron chi connectivity index (χ2n) is 2.17. The molecule has 0 aliphatic rings. The van der Waals surface area contributed by atoms with Crippen molar-refractivity contribution in [3.63, 3.8) is 0 Å². The first kappa shape index (κ1) is 10.5. The second-order valence-corrected chi connectivity index (χ2v) is 4.49. The molecule has 0 atom stereocenters.